The maximum Gasteiger partial charge on any atom is 0.143 e. The number of fused-ring (bicyclic) bond motifs is 5. The summed E-state index contributed by atoms with van der Waals surface area (Å²) in [5.74, 6) is 4.21. The lowest BCUT2D eigenvalue weighted by atomic mass is 10.1. The van der Waals surface area contributed by atoms with E-state index in [0.717, 1.165) is 154 Å². The van der Waals surface area contributed by atoms with Crippen molar-refractivity contribution in [3.8, 4) is 28.7 Å². The van der Waals surface area contributed by atoms with Crippen LogP contribution in [0.1, 0.15) is 84.0 Å². The molecule has 5 aromatic carbocycles. The Kier molecular flexibility index (Phi) is 20.7. The van der Waals surface area contributed by atoms with Crippen LogP contribution in [-0.2, 0) is 52.9 Å². The van der Waals surface area contributed by atoms with Crippen molar-refractivity contribution in [2.24, 2.45) is 14.1 Å². The molecule has 5 aromatic heterocycles. The third kappa shape index (κ3) is 11.5. The Hall–Kier alpha value is -8.28. The van der Waals surface area contributed by atoms with Crippen molar-refractivity contribution in [1.29, 1.82) is 0 Å². The van der Waals surface area contributed by atoms with Gasteiger partial charge in [0.15, 0.2) is 0 Å². The van der Waals surface area contributed by atoms with Gasteiger partial charge in [-0.05, 0) is 156 Å². The molecule has 5 heterocycles. The van der Waals surface area contributed by atoms with E-state index in [4.69, 9.17) is 57.5 Å². The molecule has 17 nitrogen and oxygen atoms in total. The SMILES string of the molecule is CCc1c(C)[nH]c2c(OC)ccc(N)c12.CCc1c(C)n(C)c2c(OC)ccc(N)c12.CCc1c(C)n(C)c2c(OC)ccc(N)c12.CCc1c(C)n(CCO)c2c(OC)ccc(N)c12.COc1ccc(N)c2c(C)c(C)n(CCO)c12. The van der Waals surface area contributed by atoms with Crippen LogP contribution in [0.15, 0.2) is 60.7 Å². The first-order valence-corrected chi connectivity index (χ1v) is 28.0. The molecular formula is C65H90N10O7. The van der Waals surface area contributed by atoms with Crippen LogP contribution < -0.4 is 52.4 Å². The number of anilines is 5. The van der Waals surface area contributed by atoms with Gasteiger partial charge in [0.2, 0.25) is 0 Å². The molecule has 0 atom stereocenters. The summed E-state index contributed by atoms with van der Waals surface area (Å²) in [6.45, 7) is 22.3. The van der Waals surface area contributed by atoms with Crippen molar-refractivity contribution in [3.63, 3.8) is 0 Å². The van der Waals surface area contributed by atoms with Gasteiger partial charge in [0.1, 0.15) is 28.7 Å². The molecule has 17 heteroatoms. The van der Waals surface area contributed by atoms with Gasteiger partial charge in [0.05, 0.1) is 76.3 Å². The minimum Gasteiger partial charge on any atom is -0.495 e. The summed E-state index contributed by atoms with van der Waals surface area (Å²) in [5, 5.41) is 23.8. The molecule has 0 spiro atoms. The van der Waals surface area contributed by atoms with Crippen molar-refractivity contribution in [1.82, 2.24) is 23.3 Å². The Morgan fingerprint density at radius 3 is 1.06 bits per heavy atom. The van der Waals surface area contributed by atoms with Gasteiger partial charge in [0, 0.05) is 111 Å². The zero-order valence-electron chi connectivity index (χ0n) is 51.5. The zero-order chi connectivity index (χ0) is 60.6. The van der Waals surface area contributed by atoms with E-state index in [9.17, 15) is 5.11 Å². The number of nitrogens with one attached hydrogen (secondary N) is 1. The number of aromatic amines is 1. The summed E-state index contributed by atoms with van der Waals surface area (Å²) in [5.41, 5.74) is 51.6. The topological polar surface area (TPSA) is 252 Å². The maximum atomic E-state index is 9.23. The monoisotopic (exact) mass is 1120 g/mol. The van der Waals surface area contributed by atoms with Crippen LogP contribution in [0.3, 0.4) is 0 Å². The van der Waals surface area contributed by atoms with Gasteiger partial charge in [-0.1, -0.05) is 27.7 Å². The molecule has 10 rings (SSSR count). The van der Waals surface area contributed by atoms with E-state index in [1.165, 1.54) is 39.3 Å². The van der Waals surface area contributed by atoms with Gasteiger partial charge in [0.25, 0.3) is 0 Å². The van der Waals surface area contributed by atoms with Crippen LogP contribution in [-0.4, -0.2) is 82.2 Å². The summed E-state index contributed by atoms with van der Waals surface area (Å²) >= 11 is 0. The van der Waals surface area contributed by atoms with E-state index in [1.807, 2.05) is 74.5 Å². The summed E-state index contributed by atoms with van der Waals surface area (Å²) in [6.07, 6.45) is 3.86. The van der Waals surface area contributed by atoms with E-state index < -0.39 is 0 Å². The minimum atomic E-state index is 0.0992. The highest BCUT2D eigenvalue weighted by atomic mass is 16.5. The second kappa shape index (κ2) is 27.0. The lowest BCUT2D eigenvalue weighted by molar-refractivity contribution is 0.276. The van der Waals surface area contributed by atoms with Gasteiger partial charge in [-0.2, -0.15) is 0 Å². The van der Waals surface area contributed by atoms with Crippen molar-refractivity contribution in [2.75, 3.05) is 77.4 Å². The molecule has 0 saturated heterocycles. The normalized spacial score (nSPS) is 11.0. The lowest BCUT2D eigenvalue weighted by Gasteiger charge is -2.10. The predicted octanol–water partition coefficient (Wildman–Crippen LogP) is 11.8. The van der Waals surface area contributed by atoms with E-state index in [0.29, 0.717) is 13.1 Å². The fraction of sp³-hybridized carbons (Fsp3) is 0.385. The molecule has 0 aliphatic rings. The number of H-pyrrole nitrogens is 1. The molecule has 82 heavy (non-hydrogen) atoms. The van der Waals surface area contributed by atoms with Crippen LogP contribution >= 0.6 is 0 Å². The van der Waals surface area contributed by atoms with Gasteiger partial charge < -0.3 is 85.8 Å². The van der Waals surface area contributed by atoms with Gasteiger partial charge >= 0.3 is 0 Å². The Bertz CT molecular complexity index is 3770. The summed E-state index contributed by atoms with van der Waals surface area (Å²) < 4.78 is 35.4. The number of aliphatic hydroxyl groups is 2. The molecular weight excluding hydrogens is 1030 g/mol. The predicted molar refractivity (Wildman–Crippen MR) is 343 cm³/mol. The standard InChI is InChI=1S/C14H20N2O2.C13H18N2O2.2C13H18N2O.C12H16N2O/c1-4-10-9(2)16(7-8-17)14-12(18-3)6-5-11(15)13(10)14;1-8-9(2)15(6-7-16)13-11(17-3)5-4-10(14)12(8)13;2*1-5-9-8(2)15(3)13-11(16-4)7-6-10(14)12(9)13;1-4-8-7(2)14-12-10(15-3)6-5-9(13)11(8)12/h5-6,17H,4,7-8,15H2,1-3H3;4-5,16H,6-7,14H2,1-3H3;2*6-7H,5,14H2,1-4H3;5-6,14H,4,13H2,1-3H3. The molecule has 13 N–H and O–H groups in total. The first kappa shape index (κ1) is 62.9. The zero-order valence-corrected chi connectivity index (χ0v) is 51.5. The lowest BCUT2D eigenvalue weighted by Crippen LogP contribution is -2.05. The molecule has 0 fully saturated rings. The molecule has 0 amide bonds. The molecule has 0 aliphatic heterocycles. The molecule has 0 unspecified atom stereocenters. The average Bonchev–Trinajstić information content (AvgIpc) is 3.57. The molecule has 10 aromatic rings. The van der Waals surface area contributed by atoms with Crippen molar-refractivity contribution in [3.05, 3.63) is 117 Å². The molecule has 0 radical (unpaired) electrons. The highest BCUT2D eigenvalue weighted by molar-refractivity contribution is 6.02. The Labute approximate surface area is 483 Å². The Morgan fingerprint density at radius 2 is 0.695 bits per heavy atom. The van der Waals surface area contributed by atoms with Gasteiger partial charge in [-0.3, -0.25) is 0 Å². The van der Waals surface area contributed by atoms with E-state index in [2.05, 4.69) is 92.7 Å². The van der Waals surface area contributed by atoms with E-state index in [-0.39, 0.29) is 13.2 Å². The molecule has 0 bridgehead atoms. The average molecular weight is 1120 g/mol. The quantitative estimate of drug-likeness (QED) is 0.0502. The number of hydrogen-bond acceptors (Lipinski definition) is 12. The number of rotatable bonds is 13. The number of hydrogen-bond donors (Lipinski definition) is 8. The molecule has 442 valence electrons. The molecule has 0 saturated carbocycles. The van der Waals surface area contributed by atoms with Crippen molar-refractivity contribution < 1.29 is 33.9 Å². The Morgan fingerprint density at radius 1 is 0.390 bits per heavy atom. The number of aromatic nitrogens is 5. The number of ether oxygens (including phenoxy) is 5. The molecule has 0 aliphatic carbocycles. The van der Waals surface area contributed by atoms with Crippen LogP contribution in [0.25, 0.3) is 54.5 Å². The number of methoxy groups -OCH3 is 5. The van der Waals surface area contributed by atoms with Crippen LogP contribution in [0, 0.1) is 41.5 Å². The number of nitrogens with zero attached hydrogens (tertiary/aromatic N) is 4. The van der Waals surface area contributed by atoms with E-state index >= 15 is 0 Å². The van der Waals surface area contributed by atoms with E-state index in [1.54, 1.807) is 35.5 Å². The second-order valence-electron chi connectivity index (χ2n) is 20.3. The first-order chi connectivity index (χ1) is 39.2. The third-order valence-corrected chi connectivity index (χ3v) is 16.3. The first-order valence-electron chi connectivity index (χ1n) is 28.0. The maximum absolute atomic E-state index is 9.23. The number of benzene rings is 5. The van der Waals surface area contributed by atoms with Gasteiger partial charge in [-0.15, -0.1) is 0 Å². The van der Waals surface area contributed by atoms with Crippen molar-refractivity contribution in [2.45, 2.75) is 108 Å². The number of nitrogen functional groups attached to an aromatic ring is 5. The van der Waals surface area contributed by atoms with Crippen LogP contribution in [0.4, 0.5) is 28.4 Å². The summed E-state index contributed by atoms with van der Waals surface area (Å²) in [6, 6.07) is 19.0. The minimum absolute atomic E-state index is 0.0992. The summed E-state index contributed by atoms with van der Waals surface area (Å²) in [7, 11) is 12.5. The highest BCUT2D eigenvalue weighted by Gasteiger charge is 2.21. The largest absolute Gasteiger partial charge is 0.495 e. The smallest absolute Gasteiger partial charge is 0.143 e. The summed E-state index contributed by atoms with van der Waals surface area (Å²) in [4.78, 5) is 3.33. The fourth-order valence-corrected chi connectivity index (χ4v) is 11.9. The van der Waals surface area contributed by atoms with Crippen LogP contribution in [0.2, 0.25) is 0 Å². The number of aliphatic hydroxyl groups excluding tert-OH is 2. The van der Waals surface area contributed by atoms with Crippen LogP contribution in [0.5, 0.6) is 28.7 Å². The highest BCUT2D eigenvalue weighted by Crippen LogP contribution is 2.41. The third-order valence-electron chi connectivity index (χ3n) is 16.3. The van der Waals surface area contributed by atoms with Crippen molar-refractivity contribution >= 4 is 83.0 Å². The number of aryl methyl sites for hydroxylation is 8. The van der Waals surface area contributed by atoms with Gasteiger partial charge in [-0.25, -0.2) is 0 Å². The Balaban J connectivity index is 0.000000165. The number of nitrogens with two attached hydrogens (primary N) is 5. The fourth-order valence-electron chi connectivity index (χ4n) is 11.9. The second-order valence-corrected chi connectivity index (χ2v) is 20.3.